The minimum absolute atomic E-state index is 0.00290. The zero-order chi connectivity index (χ0) is 27.7. The molecule has 6 fully saturated rings. The number of para-hydroxylation sites is 1. The van der Waals surface area contributed by atoms with Crippen LogP contribution in [0.4, 0.5) is 0 Å². The van der Waals surface area contributed by atoms with Crippen molar-refractivity contribution in [3.8, 4) is 5.75 Å². The van der Waals surface area contributed by atoms with E-state index in [4.69, 9.17) is 4.74 Å². The van der Waals surface area contributed by atoms with Crippen molar-refractivity contribution in [2.24, 2.45) is 46.3 Å². The molecule has 0 aliphatic heterocycles. The molecule has 6 aliphatic carbocycles. The molecule has 7 rings (SSSR count). The lowest BCUT2D eigenvalue weighted by molar-refractivity contribution is -0.138. The average Bonchev–Trinajstić information content (AvgIpc) is 3.77. The molecule has 1 aromatic carbocycles. The highest BCUT2D eigenvalue weighted by Gasteiger charge is 2.74. The average molecular weight is 604 g/mol. The number of ether oxygens (including phenoxy) is 1. The van der Waals surface area contributed by atoms with Crippen molar-refractivity contribution in [2.75, 3.05) is 13.2 Å². The first-order valence-corrected chi connectivity index (χ1v) is 16.1. The monoisotopic (exact) mass is 602 g/mol. The maximum absolute atomic E-state index is 14.3. The van der Waals surface area contributed by atoms with Crippen molar-refractivity contribution >= 4 is 21.8 Å². The number of halogens is 1. The summed E-state index contributed by atoms with van der Waals surface area (Å²) < 4.78 is 7.16. The van der Waals surface area contributed by atoms with Crippen molar-refractivity contribution in [3.05, 3.63) is 28.2 Å². The molecule has 1 aromatic rings. The molecule has 39 heavy (non-hydrogen) atoms. The van der Waals surface area contributed by atoms with Gasteiger partial charge in [-0.05, 0) is 115 Å². The second-order valence-corrected chi connectivity index (χ2v) is 15.3. The van der Waals surface area contributed by atoms with Crippen molar-refractivity contribution in [2.45, 2.75) is 96.9 Å². The number of amides is 1. The number of carbonyl (C=O) groups excluding carboxylic acids is 1. The lowest BCUT2D eigenvalue weighted by atomic mass is 9.44. The van der Waals surface area contributed by atoms with Gasteiger partial charge in [0.15, 0.2) is 0 Å². The van der Waals surface area contributed by atoms with Crippen LogP contribution in [-0.2, 0) is 11.3 Å². The smallest absolute Gasteiger partial charge is 0.238 e. The Labute approximate surface area is 242 Å². The van der Waals surface area contributed by atoms with Gasteiger partial charge in [-0.25, -0.2) is 0 Å². The maximum Gasteiger partial charge on any atom is 0.238 e. The number of fused-ring (bicyclic) bond motifs is 2. The number of hydrogen-bond acceptors (Lipinski definition) is 5. The van der Waals surface area contributed by atoms with Crippen molar-refractivity contribution in [1.82, 2.24) is 10.6 Å². The molecule has 216 valence electrons. The Morgan fingerprint density at radius 3 is 2.46 bits per heavy atom. The second kappa shape index (κ2) is 9.99. The van der Waals surface area contributed by atoms with Gasteiger partial charge in [-0.3, -0.25) is 4.79 Å². The van der Waals surface area contributed by atoms with Crippen LogP contribution in [0, 0.1) is 46.3 Å². The van der Waals surface area contributed by atoms with Crippen molar-refractivity contribution in [1.29, 1.82) is 0 Å². The summed E-state index contributed by atoms with van der Waals surface area (Å²) in [6.07, 6.45) is 7.36. The first kappa shape index (κ1) is 28.0. The molecule has 6 nitrogen and oxygen atoms in total. The van der Waals surface area contributed by atoms with Crippen LogP contribution in [0.2, 0.25) is 0 Å². The normalized spacial score (nSPS) is 37.9. The predicted molar refractivity (Wildman–Crippen MR) is 155 cm³/mol. The largest absolute Gasteiger partial charge is 0.492 e. The topological polar surface area (TPSA) is 90.8 Å². The van der Waals surface area contributed by atoms with E-state index in [0.717, 1.165) is 35.0 Å². The molecule has 0 spiro atoms. The molecule has 1 amide bonds. The zero-order valence-corrected chi connectivity index (χ0v) is 25.6. The Morgan fingerprint density at radius 1 is 1.18 bits per heavy atom. The van der Waals surface area contributed by atoms with Gasteiger partial charge in [-0.15, -0.1) is 0 Å². The van der Waals surface area contributed by atoms with Crippen LogP contribution >= 0.6 is 15.9 Å². The fourth-order valence-electron chi connectivity index (χ4n) is 8.58. The third kappa shape index (κ3) is 4.87. The summed E-state index contributed by atoms with van der Waals surface area (Å²) >= 11 is 3.67. The first-order chi connectivity index (χ1) is 18.5. The minimum atomic E-state index is -0.997. The molecular weight excluding hydrogens is 556 g/mol. The van der Waals surface area contributed by atoms with E-state index in [0.29, 0.717) is 54.6 Å². The van der Waals surface area contributed by atoms with Crippen LogP contribution in [0.3, 0.4) is 0 Å². The lowest BCUT2D eigenvalue weighted by Gasteiger charge is -2.62. The number of aliphatic hydroxyl groups excluding tert-OH is 1. The molecule has 6 saturated carbocycles. The van der Waals surface area contributed by atoms with Gasteiger partial charge >= 0.3 is 0 Å². The molecule has 0 radical (unpaired) electrons. The Bertz CT molecular complexity index is 1100. The Kier molecular flexibility index (Phi) is 7.17. The predicted octanol–water partition coefficient (Wildman–Crippen LogP) is 5.04. The van der Waals surface area contributed by atoms with Crippen LogP contribution in [0.25, 0.3) is 0 Å². The van der Waals surface area contributed by atoms with E-state index >= 15 is 0 Å². The van der Waals surface area contributed by atoms with E-state index in [1.165, 1.54) is 19.3 Å². The van der Waals surface area contributed by atoms with Gasteiger partial charge in [0.2, 0.25) is 5.91 Å². The Balaban J connectivity index is 1.25. The number of rotatable bonds is 12. The van der Waals surface area contributed by atoms with E-state index in [1.807, 2.05) is 19.1 Å². The summed E-state index contributed by atoms with van der Waals surface area (Å²) in [6, 6.07) is 5.60. The molecule has 0 saturated heterocycles. The minimum Gasteiger partial charge on any atom is -0.492 e. The molecule has 6 aliphatic rings. The fourth-order valence-corrected chi connectivity index (χ4v) is 9.10. The molecule has 2 bridgehead atoms. The summed E-state index contributed by atoms with van der Waals surface area (Å²) in [6.45, 7) is 10.1. The van der Waals surface area contributed by atoms with Gasteiger partial charge in [0, 0.05) is 30.2 Å². The Hall–Kier alpha value is -1.15. The maximum atomic E-state index is 14.3. The molecule has 4 N–H and O–H groups in total. The van der Waals surface area contributed by atoms with Crippen LogP contribution in [-0.4, -0.2) is 47.0 Å². The van der Waals surface area contributed by atoms with Crippen molar-refractivity contribution < 1.29 is 19.7 Å². The van der Waals surface area contributed by atoms with Crippen LogP contribution in [0.1, 0.15) is 78.2 Å². The molecular formula is C32H47BrN2O4. The van der Waals surface area contributed by atoms with E-state index in [9.17, 15) is 15.0 Å². The summed E-state index contributed by atoms with van der Waals surface area (Å²) in [7, 11) is 0. The first-order valence-electron chi connectivity index (χ1n) is 15.3. The third-order valence-corrected chi connectivity index (χ3v) is 12.4. The highest BCUT2D eigenvalue weighted by atomic mass is 79.9. The summed E-state index contributed by atoms with van der Waals surface area (Å²) in [4.78, 5) is 14.3. The fraction of sp³-hybridized carbons (Fsp3) is 0.781. The van der Waals surface area contributed by atoms with E-state index in [-0.39, 0.29) is 24.5 Å². The van der Waals surface area contributed by atoms with Gasteiger partial charge < -0.3 is 25.6 Å². The van der Waals surface area contributed by atoms with Gasteiger partial charge in [-0.1, -0.05) is 32.9 Å². The summed E-state index contributed by atoms with van der Waals surface area (Å²) in [5, 5.41) is 29.1. The van der Waals surface area contributed by atoms with Gasteiger partial charge in [-0.2, -0.15) is 0 Å². The van der Waals surface area contributed by atoms with Crippen molar-refractivity contribution in [3.63, 3.8) is 0 Å². The number of hydrogen-bond donors (Lipinski definition) is 4. The number of benzene rings is 1. The number of aliphatic hydroxyl groups is 2. The van der Waals surface area contributed by atoms with Gasteiger partial charge in [0.1, 0.15) is 5.75 Å². The SMILES string of the molecule is C[C@@H]1[C@@H](NC(=O)[C@@H](NCc2cccc(Br)c2OCC2CC2)[C@]2([C@H](CO)C3CC3)CC2(C)O)C[C@H]2C[C@@H]1C2(C)C. The highest BCUT2D eigenvalue weighted by Crippen LogP contribution is 2.67. The number of nitrogens with one attached hydrogen (secondary N) is 2. The van der Waals surface area contributed by atoms with Crippen LogP contribution in [0.15, 0.2) is 22.7 Å². The summed E-state index contributed by atoms with van der Waals surface area (Å²) in [5.74, 6) is 3.42. The van der Waals surface area contributed by atoms with Gasteiger partial charge in [0.05, 0.1) is 22.7 Å². The third-order valence-electron chi connectivity index (χ3n) is 11.7. The van der Waals surface area contributed by atoms with E-state index < -0.39 is 17.1 Å². The molecule has 7 heteroatoms. The molecule has 0 aromatic heterocycles. The molecule has 0 heterocycles. The quantitative estimate of drug-likeness (QED) is 0.269. The van der Waals surface area contributed by atoms with Crippen LogP contribution in [0.5, 0.6) is 5.75 Å². The van der Waals surface area contributed by atoms with E-state index in [2.05, 4.69) is 53.4 Å². The molecule has 8 atom stereocenters. The van der Waals surface area contributed by atoms with Crippen LogP contribution < -0.4 is 15.4 Å². The van der Waals surface area contributed by atoms with E-state index in [1.54, 1.807) is 0 Å². The lowest BCUT2D eigenvalue weighted by Crippen LogP contribution is -2.63. The number of carbonyl (C=O) groups is 1. The molecule has 1 unspecified atom stereocenters. The van der Waals surface area contributed by atoms with Gasteiger partial charge in [0.25, 0.3) is 0 Å². The zero-order valence-electron chi connectivity index (χ0n) is 24.0. The second-order valence-electron chi connectivity index (χ2n) is 14.5. The highest BCUT2D eigenvalue weighted by molar-refractivity contribution is 9.10. The standard InChI is InChI=1S/C32H47BrN2O4/c1-18-23-12-22(30(23,2)3)13-26(18)35-29(37)28(32(17-31(32,4)38)24(15-36)20-10-11-20)34-14-21-6-5-7-25(33)27(21)39-16-19-8-9-19/h5-7,18-20,22-24,26,28,34,36,38H,8-17H2,1-4H3,(H,35,37)/t18-,22+,23-,24+,26-,28+,31?,32+/m0/s1. The summed E-state index contributed by atoms with van der Waals surface area (Å²) in [5.41, 5.74) is -0.332. The Morgan fingerprint density at radius 2 is 1.90 bits per heavy atom.